The number of halogens is 2. The number of amides is 1. The van der Waals surface area contributed by atoms with Crippen molar-refractivity contribution < 1.29 is 14.1 Å². The maximum absolute atomic E-state index is 14.0. The number of carbonyl (C=O) groups is 1. The summed E-state index contributed by atoms with van der Waals surface area (Å²) in [6, 6.07) is 12.4. The van der Waals surface area contributed by atoms with Gasteiger partial charge in [0.05, 0.1) is 33.9 Å². The first-order valence-electron chi connectivity index (χ1n) is 8.72. The van der Waals surface area contributed by atoms with Crippen molar-refractivity contribution in [2.75, 3.05) is 20.6 Å². The van der Waals surface area contributed by atoms with E-state index in [1.165, 1.54) is 6.07 Å². The fourth-order valence-corrected chi connectivity index (χ4v) is 4.19. The molecule has 0 bridgehead atoms. The van der Waals surface area contributed by atoms with Crippen molar-refractivity contribution in [3.05, 3.63) is 63.9 Å². The van der Waals surface area contributed by atoms with Crippen LogP contribution in [0.4, 0.5) is 4.39 Å². The predicted molar refractivity (Wildman–Crippen MR) is 108 cm³/mol. The number of likely N-dealkylation sites (N-methyl/N-ethyl adjacent to an activating group) is 2. The van der Waals surface area contributed by atoms with Crippen LogP contribution < -0.4 is 4.90 Å². The Morgan fingerprint density at radius 1 is 1.30 bits per heavy atom. The van der Waals surface area contributed by atoms with Crippen molar-refractivity contribution in [3.63, 3.8) is 0 Å². The normalized spacial score (nSPS) is 13.5. The first-order chi connectivity index (χ1) is 12.9. The van der Waals surface area contributed by atoms with Crippen LogP contribution >= 0.6 is 22.9 Å². The van der Waals surface area contributed by atoms with Gasteiger partial charge in [-0.05, 0) is 31.2 Å². The van der Waals surface area contributed by atoms with Gasteiger partial charge in [0.2, 0.25) is 0 Å². The summed E-state index contributed by atoms with van der Waals surface area (Å²) >= 11 is 7.68. The molecule has 0 spiro atoms. The van der Waals surface area contributed by atoms with Gasteiger partial charge in [0, 0.05) is 7.05 Å². The van der Waals surface area contributed by atoms with Crippen LogP contribution in [0, 0.1) is 5.82 Å². The molecule has 0 aliphatic rings. The minimum Gasteiger partial charge on any atom is -0.332 e. The smallest absolute Gasteiger partial charge is 0.278 e. The van der Waals surface area contributed by atoms with Crippen molar-refractivity contribution in [2.24, 2.45) is 0 Å². The van der Waals surface area contributed by atoms with Crippen LogP contribution in [0.2, 0.25) is 5.02 Å². The summed E-state index contributed by atoms with van der Waals surface area (Å²) in [5.41, 5.74) is 1.38. The number of hydrogen-bond donors (Lipinski definition) is 1. The maximum Gasteiger partial charge on any atom is 0.278 e. The van der Waals surface area contributed by atoms with E-state index in [-0.39, 0.29) is 24.3 Å². The SMILES string of the molecule is C[C@H](c1nc2ccccc2s1)N(C)C(=O)C[NH+](C)Cc1c(F)cccc1Cl. The van der Waals surface area contributed by atoms with Crippen molar-refractivity contribution in [1.29, 1.82) is 0 Å². The molecule has 142 valence electrons. The summed E-state index contributed by atoms with van der Waals surface area (Å²) in [7, 11) is 3.64. The lowest BCUT2D eigenvalue weighted by atomic mass is 10.2. The van der Waals surface area contributed by atoms with Gasteiger partial charge in [-0.2, -0.15) is 0 Å². The molecule has 0 saturated heterocycles. The van der Waals surface area contributed by atoms with Gasteiger partial charge in [-0.25, -0.2) is 9.37 Å². The van der Waals surface area contributed by atoms with Crippen molar-refractivity contribution >= 4 is 39.1 Å². The van der Waals surface area contributed by atoms with E-state index >= 15 is 0 Å². The maximum atomic E-state index is 14.0. The predicted octanol–water partition coefficient (Wildman–Crippen LogP) is 3.32. The Bertz CT molecular complexity index is 908. The lowest BCUT2D eigenvalue weighted by Gasteiger charge is -2.24. The highest BCUT2D eigenvalue weighted by molar-refractivity contribution is 7.18. The molecular formula is C20H22ClFN3OS+. The fourth-order valence-electron chi connectivity index (χ4n) is 2.90. The third kappa shape index (κ3) is 4.46. The number of carbonyl (C=O) groups excluding carboxylic acids is 1. The van der Waals surface area contributed by atoms with Crippen molar-refractivity contribution in [1.82, 2.24) is 9.88 Å². The number of benzene rings is 2. The molecule has 0 radical (unpaired) electrons. The van der Waals surface area contributed by atoms with E-state index in [0.717, 1.165) is 20.1 Å². The Labute approximate surface area is 167 Å². The molecule has 27 heavy (non-hydrogen) atoms. The molecular weight excluding hydrogens is 385 g/mol. The lowest BCUT2D eigenvalue weighted by Crippen LogP contribution is -3.09. The van der Waals surface area contributed by atoms with Crippen LogP contribution in [0.3, 0.4) is 0 Å². The van der Waals surface area contributed by atoms with Crippen LogP contribution in [-0.4, -0.2) is 36.4 Å². The second kappa shape index (κ2) is 8.33. The summed E-state index contributed by atoms with van der Waals surface area (Å²) in [5, 5.41) is 1.29. The Kier molecular flexibility index (Phi) is 6.09. The second-order valence-corrected chi connectivity index (χ2v) is 8.18. The van der Waals surface area contributed by atoms with Gasteiger partial charge in [0.1, 0.15) is 17.4 Å². The Hall–Kier alpha value is -2.02. The molecule has 3 aromatic rings. The first-order valence-corrected chi connectivity index (χ1v) is 9.91. The zero-order chi connectivity index (χ0) is 19.6. The monoisotopic (exact) mass is 406 g/mol. The van der Waals surface area contributed by atoms with Crippen LogP contribution in [0.1, 0.15) is 23.5 Å². The van der Waals surface area contributed by atoms with Gasteiger partial charge in [-0.3, -0.25) is 4.79 Å². The average molecular weight is 407 g/mol. The fraction of sp³-hybridized carbons (Fsp3) is 0.300. The minimum absolute atomic E-state index is 0.0216. The number of thiazole rings is 1. The molecule has 0 fully saturated rings. The molecule has 0 saturated carbocycles. The zero-order valence-electron chi connectivity index (χ0n) is 15.5. The Morgan fingerprint density at radius 3 is 2.74 bits per heavy atom. The summed E-state index contributed by atoms with van der Waals surface area (Å²) in [5.74, 6) is -0.364. The van der Waals surface area contributed by atoms with Gasteiger partial charge in [-0.1, -0.05) is 29.8 Å². The third-order valence-electron chi connectivity index (χ3n) is 4.64. The zero-order valence-corrected chi connectivity index (χ0v) is 17.1. The minimum atomic E-state index is -0.342. The molecule has 2 aromatic carbocycles. The van der Waals surface area contributed by atoms with Crippen LogP contribution in [0.5, 0.6) is 0 Å². The van der Waals surface area contributed by atoms with Gasteiger partial charge in [0.25, 0.3) is 5.91 Å². The highest BCUT2D eigenvalue weighted by Gasteiger charge is 2.24. The van der Waals surface area contributed by atoms with Crippen molar-refractivity contribution in [3.8, 4) is 0 Å². The summed E-state index contributed by atoms with van der Waals surface area (Å²) in [6.07, 6.45) is 0. The van der Waals surface area contributed by atoms with E-state index < -0.39 is 0 Å². The van der Waals surface area contributed by atoms with E-state index in [2.05, 4.69) is 4.98 Å². The van der Waals surface area contributed by atoms with E-state index in [4.69, 9.17) is 11.6 Å². The summed E-state index contributed by atoms with van der Waals surface area (Å²) in [4.78, 5) is 19.9. The standard InChI is InChI=1S/C20H21ClFN3OS/c1-13(20-23-17-9-4-5-10-18(17)27-20)25(3)19(26)12-24(2)11-14-15(21)7-6-8-16(14)22/h4-10,13H,11-12H2,1-3H3/p+1/t13-/m1/s1. The molecule has 0 aliphatic carbocycles. The molecule has 1 unspecified atom stereocenters. The van der Waals surface area contributed by atoms with E-state index in [1.54, 1.807) is 35.4 Å². The van der Waals surface area contributed by atoms with E-state index in [0.29, 0.717) is 17.1 Å². The average Bonchev–Trinajstić information content (AvgIpc) is 3.07. The highest BCUT2D eigenvalue weighted by Crippen LogP contribution is 2.28. The Morgan fingerprint density at radius 2 is 2.04 bits per heavy atom. The van der Waals surface area contributed by atoms with Gasteiger partial charge in [-0.15, -0.1) is 11.3 Å². The molecule has 3 rings (SSSR count). The first kappa shape index (κ1) is 19.7. The molecule has 1 amide bonds. The Balaban J connectivity index is 1.65. The molecule has 1 aromatic heterocycles. The molecule has 1 heterocycles. The van der Waals surface area contributed by atoms with Crippen molar-refractivity contribution in [2.45, 2.75) is 19.5 Å². The second-order valence-electron chi connectivity index (χ2n) is 6.71. The quantitative estimate of drug-likeness (QED) is 0.681. The molecule has 7 heteroatoms. The number of rotatable bonds is 6. The van der Waals surface area contributed by atoms with Crippen LogP contribution in [-0.2, 0) is 11.3 Å². The van der Waals surface area contributed by atoms with E-state index in [1.807, 2.05) is 38.2 Å². The molecule has 4 nitrogen and oxygen atoms in total. The van der Waals surface area contributed by atoms with Gasteiger partial charge < -0.3 is 9.80 Å². The largest absolute Gasteiger partial charge is 0.332 e. The molecule has 1 N–H and O–H groups in total. The third-order valence-corrected chi connectivity index (χ3v) is 6.20. The topological polar surface area (TPSA) is 37.6 Å². The molecule has 2 atom stereocenters. The van der Waals surface area contributed by atoms with Gasteiger partial charge in [0.15, 0.2) is 6.54 Å². The number of quaternary nitrogens is 1. The number of hydrogen-bond acceptors (Lipinski definition) is 3. The van der Waals surface area contributed by atoms with Crippen LogP contribution in [0.25, 0.3) is 10.2 Å². The number of nitrogens with one attached hydrogen (secondary N) is 1. The number of fused-ring (bicyclic) bond motifs is 1. The number of aromatic nitrogens is 1. The van der Waals surface area contributed by atoms with E-state index in [9.17, 15) is 9.18 Å². The highest BCUT2D eigenvalue weighted by atomic mass is 35.5. The number of para-hydroxylation sites is 1. The summed E-state index contributed by atoms with van der Waals surface area (Å²) < 4.78 is 15.1. The summed E-state index contributed by atoms with van der Waals surface area (Å²) in [6.45, 7) is 2.57. The molecule has 0 aliphatic heterocycles. The number of nitrogens with zero attached hydrogens (tertiary/aromatic N) is 2. The van der Waals surface area contributed by atoms with Crippen LogP contribution in [0.15, 0.2) is 42.5 Å². The van der Waals surface area contributed by atoms with Gasteiger partial charge >= 0.3 is 0 Å². The lowest BCUT2D eigenvalue weighted by molar-refractivity contribution is -0.885.